The number of alkyl halides is 3. The zero-order chi connectivity index (χ0) is 10.7. The van der Waals surface area contributed by atoms with Crippen LogP contribution in [0.4, 0.5) is 14.5 Å². The fourth-order valence-electron chi connectivity index (χ4n) is 0.992. The molecule has 0 aliphatic rings. The molecular weight excluding hydrogens is 258 g/mol. The monoisotopic (exact) mass is 264 g/mol. The second kappa shape index (κ2) is 4.45. The van der Waals surface area contributed by atoms with Crippen LogP contribution >= 0.6 is 15.9 Å². The Morgan fingerprint density at radius 1 is 1.64 bits per heavy atom. The van der Waals surface area contributed by atoms with Gasteiger partial charge in [0.2, 0.25) is 0 Å². The summed E-state index contributed by atoms with van der Waals surface area (Å²) < 4.78 is 24.8. The maximum absolute atomic E-state index is 12.4. The topological polar surface area (TPSA) is 56.0 Å². The van der Waals surface area contributed by atoms with Gasteiger partial charge in [-0.1, -0.05) is 15.9 Å². The maximum atomic E-state index is 12.4. The van der Waals surface area contributed by atoms with Crippen LogP contribution < -0.4 is 5.73 Å². The SMILES string of the molecule is Nc1cc(CBr)c(C(F)F)nc1C=O. The lowest BCUT2D eigenvalue weighted by Crippen LogP contribution is -2.04. The number of carbonyl (C=O) groups excluding carboxylic acids is 1. The van der Waals surface area contributed by atoms with Gasteiger partial charge in [-0.2, -0.15) is 0 Å². The van der Waals surface area contributed by atoms with Crippen molar-refractivity contribution in [3.8, 4) is 0 Å². The number of hydrogen-bond donors (Lipinski definition) is 1. The molecular formula is C8H7BrF2N2O. The number of nitrogen functional groups attached to an aromatic ring is 1. The molecule has 0 aliphatic carbocycles. The molecule has 0 aromatic carbocycles. The van der Waals surface area contributed by atoms with Crippen molar-refractivity contribution in [3.05, 3.63) is 23.0 Å². The molecule has 1 aromatic rings. The van der Waals surface area contributed by atoms with E-state index in [9.17, 15) is 13.6 Å². The number of hydrogen-bond acceptors (Lipinski definition) is 3. The highest BCUT2D eigenvalue weighted by Gasteiger charge is 2.16. The highest BCUT2D eigenvalue weighted by Crippen LogP contribution is 2.25. The number of carbonyl (C=O) groups is 1. The molecule has 0 saturated carbocycles. The van der Waals surface area contributed by atoms with Crippen molar-refractivity contribution in [3.63, 3.8) is 0 Å². The van der Waals surface area contributed by atoms with Gasteiger partial charge in [-0.15, -0.1) is 0 Å². The molecule has 0 saturated heterocycles. The minimum atomic E-state index is -2.71. The summed E-state index contributed by atoms with van der Waals surface area (Å²) in [5.74, 6) is 0. The standard InChI is InChI=1S/C8H7BrF2N2O/c9-2-4-1-5(12)6(3-14)13-7(4)8(10)11/h1,3,8H,2,12H2. The van der Waals surface area contributed by atoms with Gasteiger partial charge in [-0.25, -0.2) is 13.8 Å². The molecule has 76 valence electrons. The lowest BCUT2D eigenvalue weighted by molar-refractivity contribution is 0.111. The van der Waals surface area contributed by atoms with Crippen molar-refractivity contribution in [2.75, 3.05) is 5.73 Å². The Kier molecular flexibility index (Phi) is 3.51. The third-order valence-corrected chi connectivity index (χ3v) is 2.26. The van der Waals surface area contributed by atoms with E-state index in [1.54, 1.807) is 0 Å². The number of anilines is 1. The van der Waals surface area contributed by atoms with Gasteiger partial charge in [-0.05, 0) is 11.6 Å². The van der Waals surface area contributed by atoms with Crippen molar-refractivity contribution >= 4 is 27.9 Å². The van der Waals surface area contributed by atoms with Crippen LogP contribution in [-0.4, -0.2) is 11.3 Å². The second-order valence-electron chi connectivity index (χ2n) is 2.56. The number of nitrogens with zero attached hydrogens (tertiary/aromatic N) is 1. The third kappa shape index (κ3) is 2.06. The number of aromatic nitrogens is 1. The van der Waals surface area contributed by atoms with E-state index < -0.39 is 12.1 Å². The van der Waals surface area contributed by atoms with Crippen LogP contribution in [0.3, 0.4) is 0 Å². The summed E-state index contributed by atoms with van der Waals surface area (Å²) in [6.07, 6.45) is -2.35. The van der Waals surface area contributed by atoms with Gasteiger partial charge in [0.15, 0.2) is 6.29 Å². The summed E-state index contributed by atoms with van der Waals surface area (Å²) in [7, 11) is 0. The lowest BCUT2D eigenvalue weighted by atomic mass is 10.2. The average Bonchev–Trinajstić information content (AvgIpc) is 2.16. The van der Waals surface area contributed by atoms with Crippen LogP contribution in [0.1, 0.15) is 28.2 Å². The van der Waals surface area contributed by atoms with Crippen LogP contribution in [-0.2, 0) is 5.33 Å². The van der Waals surface area contributed by atoms with Gasteiger partial charge in [0.05, 0.1) is 5.69 Å². The quantitative estimate of drug-likeness (QED) is 0.674. The first-order valence-electron chi connectivity index (χ1n) is 3.68. The second-order valence-corrected chi connectivity index (χ2v) is 3.12. The Balaban J connectivity index is 3.32. The van der Waals surface area contributed by atoms with E-state index in [1.807, 2.05) is 0 Å². The third-order valence-electron chi connectivity index (χ3n) is 1.66. The molecule has 2 N–H and O–H groups in total. The zero-order valence-electron chi connectivity index (χ0n) is 7.01. The van der Waals surface area contributed by atoms with Crippen LogP contribution in [0, 0.1) is 0 Å². The van der Waals surface area contributed by atoms with E-state index >= 15 is 0 Å². The summed E-state index contributed by atoms with van der Waals surface area (Å²) in [5, 5.41) is 0.225. The van der Waals surface area contributed by atoms with Crippen molar-refractivity contribution in [1.82, 2.24) is 4.98 Å². The normalized spacial score (nSPS) is 10.6. The highest BCUT2D eigenvalue weighted by molar-refractivity contribution is 9.08. The van der Waals surface area contributed by atoms with E-state index in [-0.39, 0.29) is 16.7 Å². The first kappa shape index (κ1) is 11.0. The fraction of sp³-hybridized carbons (Fsp3) is 0.250. The van der Waals surface area contributed by atoms with Gasteiger partial charge < -0.3 is 5.73 Å². The Hall–Kier alpha value is -1.04. The molecule has 0 aliphatic heterocycles. The van der Waals surface area contributed by atoms with E-state index in [0.29, 0.717) is 11.8 Å². The summed E-state index contributed by atoms with van der Waals surface area (Å²) in [4.78, 5) is 13.9. The average molecular weight is 265 g/mol. The molecule has 0 bridgehead atoms. The van der Waals surface area contributed by atoms with E-state index in [4.69, 9.17) is 5.73 Å². The van der Waals surface area contributed by atoms with Gasteiger partial charge in [0.1, 0.15) is 11.4 Å². The van der Waals surface area contributed by atoms with Crippen molar-refractivity contribution in [2.45, 2.75) is 11.8 Å². The van der Waals surface area contributed by atoms with E-state index in [1.165, 1.54) is 6.07 Å². The minimum absolute atomic E-state index is 0.110. The molecule has 0 spiro atoms. The molecule has 14 heavy (non-hydrogen) atoms. The summed E-state index contributed by atoms with van der Waals surface area (Å²) in [6.45, 7) is 0. The van der Waals surface area contributed by atoms with Gasteiger partial charge in [-0.3, -0.25) is 4.79 Å². The number of aldehydes is 1. The number of nitrogens with two attached hydrogens (primary N) is 1. The van der Waals surface area contributed by atoms with Crippen LogP contribution in [0.25, 0.3) is 0 Å². The molecule has 0 unspecified atom stereocenters. The Morgan fingerprint density at radius 3 is 2.71 bits per heavy atom. The Bertz CT molecular complexity index is 357. The number of rotatable bonds is 3. The molecule has 0 radical (unpaired) electrons. The number of halogens is 3. The molecule has 0 amide bonds. The maximum Gasteiger partial charge on any atom is 0.280 e. The molecule has 0 atom stereocenters. The van der Waals surface area contributed by atoms with E-state index in [0.717, 1.165) is 0 Å². The molecule has 1 rings (SSSR count). The fourth-order valence-corrected chi connectivity index (χ4v) is 1.44. The largest absolute Gasteiger partial charge is 0.397 e. The number of pyridine rings is 1. The van der Waals surface area contributed by atoms with Crippen molar-refractivity contribution in [2.24, 2.45) is 0 Å². The summed E-state index contributed by atoms with van der Waals surface area (Å²) in [6, 6.07) is 1.33. The minimum Gasteiger partial charge on any atom is -0.397 e. The Morgan fingerprint density at radius 2 is 2.29 bits per heavy atom. The van der Waals surface area contributed by atoms with Crippen molar-refractivity contribution < 1.29 is 13.6 Å². The lowest BCUT2D eigenvalue weighted by Gasteiger charge is -2.07. The first-order chi connectivity index (χ1) is 6.60. The molecule has 1 heterocycles. The Labute approximate surface area is 87.4 Å². The van der Waals surface area contributed by atoms with Gasteiger partial charge in [0.25, 0.3) is 6.43 Å². The smallest absolute Gasteiger partial charge is 0.280 e. The van der Waals surface area contributed by atoms with Crippen LogP contribution in [0.2, 0.25) is 0 Å². The molecule has 0 fully saturated rings. The molecule has 1 aromatic heterocycles. The summed E-state index contributed by atoms with van der Waals surface area (Å²) >= 11 is 3.04. The van der Waals surface area contributed by atoms with Crippen molar-refractivity contribution in [1.29, 1.82) is 0 Å². The zero-order valence-corrected chi connectivity index (χ0v) is 8.59. The predicted molar refractivity (Wildman–Crippen MR) is 51.6 cm³/mol. The van der Waals surface area contributed by atoms with Crippen LogP contribution in [0.15, 0.2) is 6.07 Å². The van der Waals surface area contributed by atoms with Gasteiger partial charge in [0, 0.05) is 5.33 Å². The highest BCUT2D eigenvalue weighted by atomic mass is 79.9. The van der Waals surface area contributed by atoms with Gasteiger partial charge >= 0.3 is 0 Å². The van der Waals surface area contributed by atoms with E-state index in [2.05, 4.69) is 20.9 Å². The predicted octanol–water partition coefficient (Wildman–Crippen LogP) is 2.31. The van der Waals surface area contributed by atoms with Crippen LogP contribution in [0.5, 0.6) is 0 Å². The molecule has 6 heteroatoms. The molecule has 3 nitrogen and oxygen atoms in total. The summed E-state index contributed by atoms with van der Waals surface area (Å²) in [5.41, 5.74) is 5.27. The first-order valence-corrected chi connectivity index (χ1v) is 4.81.